The molecule has 3 aromatic carbocycles. The van der Waals surface area contributed by atoms with E-state index in [1.54, 1.807) is 0 Å². The molecule has 8 heteroatoms. The van der Waals surface area contributed by atoms with Gasteiger partial charge < -0.3 is 15.4 Å². The number of hydrogen-bond donors (Lipinski definition) is 3. The number of hydrogen-bond acceptors (Lipinski definition) is 5. The number of anilines is 2. The van der Waals surface area contributed by atoms with Crippen molar-refractivity contribution in [3.05, 3.63) is 72.3 Å². The van der Waals surface area contributed by atoms with Crippen LogP contribution in [0.2, 0.25) is 0 Å². The van der Waals surface area contributed by atoms with Crippen LogP contribution < -0.4 is 15.4 Å². The third-order valence-corrected chi connectivity index (χ3v) is 5.88. The van der Waals surface area contributed by atoms with Gasteiger partial charge >= 0.3 is 6.03 Å². The predicted octanol–water partition coefficient (Wildman–Crippen LogP) is 6.83. The highest BCUT2D eigenvalue weighted by Gasteiger charge is 2.17. The Morgan fingerprint density at radius 1 is 0.944 bits per heavy atom. The molecule has 0 saturated heterocycles. The SMILES string of the molecule is CCCC(CCC)Oc1ccc(-c2ccccc2-c2nn[nH]n2)cc1NC(=O)Nc1ccc(C)cc1. The van der Waals surface area contributed by atoms with E-state index in [0.717, 1.165) is 47.9 Å². The first-order chi connectivity index (χ1) is 17.6. The van der Waals surface area contributed by atoms with Gasteiger partial charge in [-0.05, 0) is 60.4 Å². The lowest BCUT2D eigenvalue weighted by Gasteiger charge is -2.21. The van der Waals surface area contributed by atoms with Crippen LogP contribution in [0.3, 0.4) is 0 Å². The summed E-state index contributed by atoms with van der Waals surface area (Å²) in [5.74, 6) is 1.14. The minimum atomic E-state index is -0.338. The topological polar surface area (TPSA) is 105 Å². The molecular formula is C28H32N6O2. The van der Waals surface area contributed by atoms with Crippen LogP contribution in [0.15, 0.2) is 66.7 Å². The van der Waals surface area contributed by atoms with Crippen LogP contribution in [-0.4, -0.2) is 32.8 Å². The van der Waals surface area contributed by atoms with E-state index in [1.165, 1.54) is 0 Å². The fourth-order valence-electron chi connectivity index (χ4n) is 4.11. The number of amides is 2. The lowest BCUT2D eigenvalue weighted by atomic mass is 9.98. The summed E-state index contributed by atoms with van der Waals surface area (Å²) in [4.78, 5) is 12.9. The van der Waals surface area contributed by atoms with Crippen molar-refractivity contribution in [2.45, 2.75) is 52.6 Å². The van der Waals surface area contributed by atoms with E-state index in [4.69, 9.17) is 4.74 Å². The Bertz CT molecular complexity index is 1270. The Morgan fingerprint density at radius 3 is 2.33 bits per heavy atom. The summed E-state index contributed by atoms with van der Waals surface area (Å²) in [6.07, 6.45) is 4.03. The van der Waals surface area contributed by atoms with Gasteiger partial charge in [0.15, 0.2) is 0 Å². The number of urea groups is 1. The standard InChI is InChI=1S/C28H32N6O2/c1-4-8-22(9-5-2)36-26-17-14-20(23-10-6-7-11-24(23)27-31-33-34-32-27)18-25(26)30-28(35)29-21-15-12-19(3)13-16-21/h6-7,10-18,22H,4-5,8-9H2,1-3H3,(H2,29,30,35)(H,31,32,33,34). The van der Waals surface area contributed by atoms with Gasteiger partial charge in [-0.25, -0.2) is 4.79 Å². The van der Waals surface area contributed by atoms with E-state index in [1.807, 2.05) is 73.7 Å². The molecule has 0 aliphatic rings. The van der Waals surface area contributed by atoms with E-state index in [9.17, 15) is 4.79 Å². The maximum absolute atomic E-state index is 12.9. The highest BCUT2D eigenvalue weighted by molar-refractivity contribution is 6.01. The van der Waals surface area contributed by atoms with Crippen molar-refractivity contribution in [2.24, 2.45) is 0 Å². The van der Waals surface area contributed by atoms with Gasteiger partial charge in [0.25, 0.3) is 0 Å². The van der Waals surface area contributed by atoms with Gasteiger partial charge in [0.2, 0.25) is 5.82 Å². The second-order valence-corrected chi connectivity index (χ2v) is 8.75. The average Bonchev–Trinajstić information content (AvgIpc) is 3.42. The third-order valence-electron chi connectivity index (χ3n) is 5.88. The molecular weight excluding hydrogens is 452 g/mol. The molecule has 0 radical (unpaired) electrons. The molecule has 0 unspecified atom stereocenters. The van der Waals surface area contributed by atoms with Gasteiger partial charge in [-0.1, -0.05) is 74.7 Å². The number of carbonyl (C=O) groups excluding carboxylic acids is 1. The highest BCUT2D eigenvalue weighted by Crippen LogP contribution is 2.36. The second-order valence-electron chi connectivity index (χ2n) is 8.75. The predicted molar refractivity (Wildman–Crippen MR) is 143 cm³/mol. The summed E-state index contributed by atoms with van der Waals surface area (Å²) < 4.78 is 6.40. The number of benzene rings is 3. The van der Waals surface area contributed by atoms with Gasteiger partial charge in [0.1, 0.15) is 5.75 Å². The third kappa shape index (κ3) is 6.27. The molecule has 0 aliphatic carbocycles. The molecule has 0 bridgehead atoms. The number of aryl methyl sites for hydroxylation is 1. The summed E-state index contributed by atoms with van der Waals surface area (Å²) in [5.41, 5.74) is 5.10. The van der Waals surface area contributed by atoms with E-state index in [2.05, 4.69) is 45.1 Å². The van der Waals surface area contributed by atoms with Gasteiger partial charge in [0.05, 0.1) is 11.8 Å². The number of nitrogens with one attached hydrogen (secondary N) is 3. The van der Waals surface area contributed by atoms with E-state index in [0.29, 0.717) is 22.9 Å². The summed E-state index contributed by atoms with van der Waals surface area (Å²) in [6.45, 7) is 6.31. The first-order valence-electron chi connectivity index (χ1n) is 12.4. The summed E-state index contributed by atoms with van der Waals surface area (Å²) in [6, 6.07) is 21.0. The molecule has 0 spiro atoms. The van der Waals surface area contributed by atoms with Gasteiger partial charge in [-0.15, -0.1) is 10.2 Å². The minimum Gasteiger partial charge on any atom is -0.488 e. The minimum absolute atomic E-state index is 0.0816. The molecule has 0 fully saturated rings. The molecule has 1 heterocycles. The molecule has 0 aliphatic heterocycles. The maximum atomic E-state index is 12.9. The van der Waals surface area contributed by atoms with Crippen molar-refractivity contribution >= 4 is 17.4 Å². The number of carbonyl (C=O) groups is 1. The normalized spacial score (nSPS) is 10.9. The van der Waals surface area contributed by atoms with Crippen LogP contribution in [-0.2, 0) is 0 Å². The molecule has 4 rings (SSSR count). The molecule has 2 amide bonds. The molecule has 1 aromatic heterocycles. The fourth-order valence-corrected chi connectivity index (χ4v) is 4.11. The molecule has 8 nitrogen and oxygen atoms in total. The fraction of sp³-hybridized carbons (Fsp3) is 0.286. The van der Waals surface area contributed by atoms with Crippen molar-refractivity contribution in [3.8, 4) is 28.3 Å². The van der Waals surface area contributed by atoms with E-state index in [-0.39, 0.29) is 12.1 Å². The quantitative estimate of drug-likeness (QED) is 0.229. The Labute approximate surface area is 211 Å². The Balaban J connectivity index is 1.67. The number of aromatic nitrogens is 4. The van der Waals surface area contributed by atoms with Crippen molar-refractivity contribution in [1.29, 1.82) is 0 Å². The molecule has 186 valence electrons. The zero-order valence-electron chi connectivity index (χ0n) is 20.9. The number of rotatable bonds is 10. The molecule has 3 N–H and O–H groups in total. The van der Waals surface area contributed by atoms with Gasteiger partial charge in [-0.3, -0.25) is 0 Å². The van der Waals surface area contributed by atoms with Crippen molar-refractivity contribution in [1.82, 2.24) is 20.6 Å². The van der Waals surface area contributed by atoms with Gasteiger partial charge in [0, 0.05) is 11.3 Å². The Kier molecular flexibility index (Phi) is 8.28. The first-order valence-corrected chi connectivity index (χ1v) is 12.4. The van der Waals surface area contributed by atoms with E-state index < -0.39 is 0 Å². The maximum Gasteiger partial charge on any atom is 0.323 e. The summed E-state index contributed by atoms with van der Waals surface area (Å²) >= 11 is 0. The number of ether oxygens (including phenoxy) is 1. The Morgan fingerprint density at radius 2 is 1.67 bits per heavy atom. The zero-order chi connectivity index (χ0) is 25.3. The van der Waals surface area contributed by atoms with Crippen molar-refractivity contribution in [3.63, 3.8) is 0 Å². The second kappa shape index (κ2) is 12.0. The number of nitrogens with zero attached hydrogens (tertiary/aromatic N) is 3. The van der Waals surface area contributed by atoms with Crippen LogP contribution in [0.25, 0.3) is 22.5 Å². The van der Waals surface area contributed by atoms with Crippen molar-refractivity contribution in [2.75, 3.05) is 10.6 Å². The number of tetrazole rings is 1. The summed E-state index contributed by atoms with van der Waals surface area (Å²) in [7, 11) is 0. The largest absolute Gasteiger partial charge is 0.488 e. The first kappa shape index (κ1) is 24.9. The van der Waals surface area contributed by atoms with E-state index >= 15 is 0 Å². The monoisotopic (exact) mass is 484 g/mol. The van der Waals surface area contributed by atoms with Crippen LogP contribution >= 0.6 is 0 Å². The Hall–Kier alpha value is -4.20. The lowest BCUT2D eigenvalue weighted by Crippen LogP contribution is -2.21. The van der Waals surface area contributed by atoms with Crippen LogP contribution in [0.4, 0.5) is 16.2 Å². The van der Waals surface area contributed by atoms with Crippen LogP contribution in [0.5, 0.6) is 5.75 Å². The summed E-state index contributed by atoms with van der Waals surface area (Å²) in [5, 5.41) is 20.4. The lowest BCUT2D eigenvalue weighted by molar-refractivity contribution is 0.180. The molecule has 4 aromatic rings. The van der Waals surface area contributed by atoms with Crippen LogP contribution in [0.1, 0.15) is 45.1 Å². The molecule has 0 saturated carbocycles. The molecule has 0 atom stereocenters. The van der Waals surface area contributed by atoms with Crippen LogP contribution in [0, 0.1) is 6.92 Å². The average molecular weight is 485 g/mol. The molecule has 36 heavy (non-hydrogen) atoms. The highest BCUT2D eigenvalue weighted by atomic mass is 16.5. The smallest absolute Gasteiger partial charge is 0.323 e. The number of aromatic amines is 1. The van der Waals surface area contributed by atoms with Gasteiger partial charge in [-0.2, -0.15) is 5.21 Å². The zero-order valence-corrected chi connectivity index (χ0v) is 20.9. The van der Waals surface area contributed by atoms with Crippen molar-refractivity contribution < 1.29 is 9.53 Å². The number of H-pyrrole nitrogens is 1.